The molecule has 8 heteroatoms. The summed E-state index contributed by atoms with van der Waals surface area (Å²) in [7, 11) is 0. The van der Waals surface area contributed by atoms with Crippen LogP contribution in [0.1, 0.15) is 56.3 Å². The Bertz CT molecular complexity index is 1030. The van der Waals surface area contributed by atoms with Gasteiger partial charge in [0.05, 0.1) is 12.6 Å². The highest BCUT2D eigenvalue weighted by molar-refractivity contribution is 5.44. The second-order valence-electron chi connectivity index (χ2n) is 9.16. The lowest BCUT2D eigenvalue weighted by atomic mass is 9.85. The number of aromatic nitrogens is 4. The number of rotatable bonds is 7. The van der Waals surface area contributed by atoms with Crippen LogP contribution in [0.15, 0.2) is 42.5 Å². The molecule has 1 aliphatic heterocycles. The molecule has 0 saturated heterocycles. The molecule has 8 nitrogen and oxygen atoms in total. The van der Waals surface area contributed by atoms with Crippen molar-refractivity contribution in [1.82, 2.24) is 25.6 Å². The fraction of sp³-hybridized carbons (Fsp3) is 0.435. The molecule has 2 aromatic carbocycles. The molecule has 0 amide bonds. The van der Waals surface area contributed by atoms with E-state index < -0.39 is 0 Å². The molecule has 0 bridgehead atoms. The number of hydrogen-bond donors (Lipinski definition) is 2. The molecule has 2 atom stereocenters. The van der Waals surface area contributed by atoms with E-state index in [1.54, 1.807) is 4.68 Å². The van der Waals surface area contributed by atoms with Crippen LogP contribution >= 0.6 is 0 Å². The summed E-state index contributed by atoms with van der Waals surface area (Å²) in [6, 6.07) is 14.5. The van der Waals surface area contributed by atoms with Crippen LogP contribution in [0.5, 0.6) is 11.5 Å². The Morgan fingerprint density at radius 2 is 1.77 bits per heavy atom. The highest BCUT2D eigenvalue weighted by Crippen LogP contribution is 2.33. The van der Waals surface area contributed by atoms with Crippen LogP contribution in [0, 0.1) is 5.92 Å². The monoisotopic (exact) mass is 422 g/mol. The molecule has 0 spiro atoms. The minimum absolute atomic E-state index is 0.141. The van der Waals surface area contributed by atoms with Gasteiger partial charge in [0, 0.05) is 0 Å². The molecule has 3 N–H and O–H groups in total. The molecule has 4 rings (SSSR count). The predicted molar refractivity (Wildman–Crippen MR) is 118 cm³/mol. The zero-order valence-corrected chi connectivity index (χ0v) is 18.5. The lowest BCUT2D eigenvalue weighted by Gasteiger charge is -2.23. The summed E-state index contributed by atoms with van der Waals surface area (Å²) < 4.78 is 12.6. The van der Waals surface area contributed by atoms with Crippen molar-refractivity contribution >= 4 is 0 Å². The van der Waals surface area contributed by atoms with Gasteiger partial charge in [-0.1, -0.05) is 58.0 Å². The first-order valence-electron chi connectivity index (χ1n) is 10.6. The van der Waals surface area contributed by atoms with Gasteiger partial charge in [-0.15, -0.1) is 5.10 Å². The van der Waals surface area contributed by atoms with E-state index in [1.165, 1.54) is 11.1 Å². The number of benzene rings is 2. The number of fused-ring (bicyclic) bond motifs is 1. The van der Waals surface area contributed by atoms with E-state index >= 15 is 0 Å². The fourth-order valence-corrected chi connectivity index (χ4v) is 3.88. The van der Waals surface area contributed by atoms with E-state index in [4.69, 9.17) is 15.3 Å². The maximum Gasteiger partial charge on any atom is 0.231 e. The average Bonchev–Trinajstić information content (AvgIpc) is 3.38. The maximum absolute atomic E-state index is 5.94. The van der Waals surface area contributed by atoms with Crippen molar-refractivity contribution in [2.24, 2.45) is 11.8 Å². The van der Waals surface area contributed by atoms with Crippen LogP contribution in [-0.2, 0) is 18.4 Å². The van der Waals surface area contributed by atoms with Crippen LogP contribution in [0.2, 0.25) is 0 Å². The number of nitrogens with zero attached hydrogens (tertiary/aromatic N) is 4. The highest BCUT2D eigenvalue weighted by Gasteiger charge is 2.25. The smallest absolute Gasteiger partial charge is 0.231 e. The predicted octanol–water partition coefficient (Wildman–Crippen LogP) is 3.13. The third-order valence-electron chi connectivity index (χ3n) is 5.73. The van der Waals surface area contributed by atoms with Gasteiger partial charge in [0.25, 0.3) is 0 Å². The van der Waals surface area contributed by atoms with Gasteiger partial charge < -0.3 is 9.47 Å². The van der Waals surface area contributed by atoms with Crippen molar-refractivity contribution in [3.8, 4) is 11.5 Å². The van der Waals surface area contributed by atoms with Gasteiger partial charge in [0.15, 0.2) is 17.3 Å². The Kier molecular flexibility index (Phi) is 5.93. The molecule has 31 heavy (non-hydrogen) atoms. The Labute approximate surface area is 182 Å². The van der Waals surface area contributed by atoms with Crippen molar-refractivity contribution in [2.45, 2.75) is 52.1 Å². The van der Waals surface area contributed by atoms with Crippen molar-refractivity contribution in [3.05, 3.63) is 65.0 Å². The molecule has 164 valence electrons. The first-order chi connectivity index (χ1) is 14.8. The third kappa shape index (κ3) is 4.70. The van der Waals surface area contributed by atoms with Crippen molar-refractivity contribution < 1.29 is 9.47 Å². The lowest BCUT2D eigenvalue weighted by Crippen LogP contribution is -2.35. The number of hydrazine groups is 1. The number of tetrazole rings is 1. The molecule has 0 saturated carbocycles. The first kappa shape index (κ1) is 21.3. The summed E-state index contributed by atoms with van der Waals surface area (Å²) >= 11 is 0. The molecule has 1 aliphatic rings. The quantitative estimate of drug-likeness (QED) is 0.446. The van der Waals surface area contributed by atoms with Crippen molar-refractivity contribution in [1.29, 1.82) is 0 Å². The van der Waals surface area contributed by atoms with E-state index in [0.29, 0.717) is 12.4 Å². The van der Waals surface area contributed by atoms with E-state index in [1.807, 2.05) is 18.2 Å². The Morgan fingerprint density at radius 3 is 2.48 bits per heavy atom. The topological polar surface area (TPSA) is 100 Å². The van der Waals surface area contributed by atoms with E-state index in [2.05, 4.69) is 72.9 Å². The molecule has 0 fully saturated rings. The maximum atomic E-state index is 5.94. The second kappa shape index (κ2) is 8.64. The zero-order chi connectivity index (χ0) is 22.0. The molecular formula is C23H30N6O2. The number of ether oxygens (including phenoxy) is 2. The van der Waals surface area contributed by atoms with Gasteiger partial charge in [-0.25, -0.2) is 10.1 Å². The van der Waals surface area contributed by atoms with Gasteiger partial charge in [-0.3, -0.25) is 5.84 Å². The molecule has 2 heterocycles. The number of nitrogens with one attached hydrogen (secondary N) is 1. The number of nitrogens with two attached hydrogens (primary N) is 1. The molecule has 0 radical (unpaired) electrons. The molecular weight excluding hydrogens is 392 g/mol. The van der Waals surface area contributed by atoms with Crippen LogP contribution in [0.4, 0.5) is 0 Å². The Morgan fingerprint density at radius 1 is 1.06 bits per heavy atom. The summed E-state index contributed by atoms with van der Waals surface area (Å²) in [6.07, 6.45) is 0.857. The van der Waals surface area contributed by atoms with Crippen molar-refractivity contribution in [2.75, 3.05) is 6.79 Å². The standard InChI is InChI=1S/C23H30N6O2/c1-15(11-16-5-8-18(9-6-16)23(2,3)4)21(25-24)22-26-27-28-29(22)13-17-7-10-19-20(12-17)31-14-30-19/h5-10,12,15,21,25H,11,13-14,24H2,1-4H3/t15-,21+/m1/s1. The summed E-state index contributed by atoms with van der Waals surface area (Å²) in [5.74, 6) is 8.34. The first-order valence-corrected chi connectivity index (χ1v) is 10.6. The summed E-state index contributed by atoms with van der Waals surface area (Å²) in [5.41, 5.74) is 6.67. The number of hydrogen-bond acceptors (Lipinski definition) is 7. The van der Waals surface area contributed by atoms with Crippen LogP contribution in [0.25, 0.3) is 0 Å². The summed E-state index contributed by atoms with van der Waals surface area (Å²) in [5, 5.41) is 12.4. The fourth-order valence-electron chi connectivity index (χ4n) is 3.88. The molecule has 0 unspecified atom stereocenters. The highest BCUT2D eigenvalue weighted by atomic mass is 16.7. The van der Waals surface area contributed by atoms with E-state index in [9.17, 15) is 0 Å². The van der Waals surface area contributed by atoms with E-state index in [0.717, 1.165) is 23.5 Å². The molecule has 0 aliphatic carbocycles. The minimum atomic E-state index is -0.189. The van der Waals surface area contributed by atoms with E-state index in [-0.39, 0.29) is 24.2 Å². The van der Waals surface area contributed by atoms with Gasteiger partial charge in [-0.2, -0.15) is 0 Å². The SMILES string of the molecule is C[C@H](Cc1ccc(C(C)(C)C)cc1)[C@H](NN)c1nnnn1Cc1ccc2c(c1)OCO2. The van der Waals surface area contributed by atoms with Gasteiger partial charge in [0.2, 0.25) is 6.79 Å². The van der Waals surface area contributed by atoms with Crippen LogP contribution in [-0.4, -0.2) is 27.0 Å². The molecule has 3 aromatic rings. The molecule has 1 aromatic heterocycles. The Balaban J connectivity index is 1.48. The van der Waals surface area contributed by atoms with Gasteiger partial charge >= 0.3 is 0 Å². The van der Waals surface area contributed by atoms with Gasteiger partial charge in [0.1, 0.15) is 0 Å². The van der Waals surface area contributed by atoms with Gasteiger partial charge in [-0.05, 0) is 57.0 Å². The third-order valence-corrected chi connectivity index (χ3v) is 5.73. The Hall–Kier alpha value is -2.97. The van der Waals surface area contributed by atoms with Crippen LogP contribution < -0.4 is 20.7 Å². The largest absolute Gasteiger partial charge is 0.454 e. The summed E-state index contributed by atoms with van der Waals surface area (Å²) in [4.78, 5) is 0. The lowest BCUT2D eigenvalue weighted by molar-refractivity contribution is 0.174. The van der Waals surface area contributed by atoms with Crippen molar-refractivity contribution in [3.63, 3.8) is 0 Å². The average molecular weight is 423 g/mol. The minimum Gasteiger partial charge on any atom is -0.454 e. The second-order valence-corrected chi connectivity index (χ2v) is 9.16. The van der Waals surface area contributed by atoms with Crippen LogP contribution in [0.3, 0.4) is 0 Å². The zero-order valence-electron chi connectivity index (χ0n) is 18.5. The normalized spacial score (nSPS) is 15.1. The summed E-state index contributed by atoms with van der Waals surface area (Å²) in [6.45, 7) is 9.59.